The number of rotatable bonds is 7. The van der Waals surface area contributed by atoms with Crippen LogP contribution in [-0.4, -0.2) is 21.8 Å². The van der Waals surface area contributed by atoms with Gasteiger partial charge in [-0.2, -0.15) is 0 Å². The largest absolute Gasteiger partial charge is 0.491 e. The predicted molar refractivity (Wildman–Crippen MR) is 141 cm³/mol. The van der Waals surface area contributed by atoms with Gasteiger partial charge >= 0.3 is 0 Å². The van der Waals surface area contributed by atoms with Crippen molar-refractivity contribution in [1.29, 1.82) is 0 Å². The van der Waals surface area contributed by atoms with Crippen molar-refractivity contribution in [3.8, 4) is 11.5 Å². The number of benzene rings is 2. The molecule has 0 amide bonds. The number of imidazole rings is 1. The van der Waals surface area contributed by atoms with Crippen LogP contribution in [0.3, 0.4) is 0 Å². The van der Waals surface area contributed by atoms with Gasteiger partial charge in [0, 0.05) is 17.8 Å². The number of hydrogen-bond donors (Lipinski definition) is 1. The average molecular weight is 464 g/mol. The fraction of sp³-hybridized carbons (Fsp3) is 0.552. The molecule has 1 aromatic heterocycles. The normalized spacial score (nSPS) is 17.9. The van der Waals surface area contributed by atoms with Gasteiger partial charge in [-0.3, -0.25) is 0 Å². The van der Waals surface area contributed by atoms with E-state index in [1.165, 1.54) is 6.42 Å². The van der Waals surface area contributed by atoms with E-state index < -0.39 is 0 Å². The first kappa shape index (κ1) is 24.4. The van der Waals surface area contributed by atoms with E-state index in [9.17, 15) is 0 Å². The fourth-order valence-electron chi connectivity index (χ4n) is 5.86. The summed E-state index contributed by atoms with van der Waals surface area (Å²) < 4.78 is 14.3. The summed E-state index contributed by atoms with van der Waals surface area (Å²) in [5.74, 6) is 2.65. The van der Waals surface area contributed by atoms with Gasteiger partial charge in [0.05, 0.1) is 23.2 Å². The zero-order chi connectivity index (χ0) is 24.7. The Hall–Kier alpha value is -2.69. The number of hydrogen-bond acceptors (Lipinski definition) is 4. The Balaban J connectivity index is 1.76. The van der Waals surface area contributed by atoms with Gasteiger partial charge < -0.3 is 19.4 Å². The molecule has 34 heavy (non-hydrogen) atoms. The Morgan fingerprint density at radius 2 is 1.41 bits per heavy atom. The lowest BCUT2D eigenvalue weighted by molar-refractivity contribution is 0.0746. The SMILES string of the molecule is CC(C)Oc1ccc(Nc2nc3ccc(OC(C)C)cc3n2C2CC(C)(C)CC(C)(C)C2)cc1. The summed E-state index contributed by atoms with van der Waals surface area (Å²) in [7, 11) is 0. The second kappa shape index (κ2) is 9.16. The molecule has 184 valence electrons. The number of nitrogens with one attached hydrogen (secondary N) is 1. The van der Waals surface area contributed by atoms with Gasteiger partial charge in [-0.05, 0) is 94.2 Å². The number of anilines is 2. The summed E-state index contributed by atoms with van der Waals surface area (Å²) in [5.41, 5.74) is 3.64. The summed E-state index contributed by atoms with van der Waals surface area (Å²) in [4.78, 5) is 5.03. The smallest absolute Gasteiger partial charge is 0.208 e. The van der Waals surface area contributed by atoms with Crippen molar-refractivity contribution >= 4 is 22.7 Å². The highest BCUT2D eigenvalue weighted by molar-refractivity contribution is 5.81. The maximum atomic E-state index is 6.04. The molecule has 0 unspecified atom stereocenters. The Morgan fingerprint density at radius 1 is 0.853 bits per heavy atom. The van der Waals surface area contributed by atoms with Gasteiger partial charge in [0.15, 0.2) is 0 Å². The molecule has 5 heteroatoms. The molecule has 0 atom stereocenters. The molecule has 5 nitrogen and oxygen atoms in total. The second-order valence-electron chi connectivity index (χ2n) is 12.0. The maximum Gasteiger partial charge on any atom is 0.208 e. The third-order valence-electron chi connectivity index (χ3n) is 6.41. The molecule has 0 aliphatic heterocycles. The van der Waals surface area contributed by atoms with E-state index in [1.54, 1.807) is 0 Å². The first-order valence-electron chi connectivity index (χ1n) is 12.6. The Bertz CT molecular complexity index is 1110. The quantitative estimate of drug-likeness (QED) is 0.384. The third kappa shape index (κ3) is 5.68. The van der Waals surface area contributed by atoms with Crippen LogP contribution in [-0.2, 0) is 0 Å². The lowest BCUT2D eigenvalue weighted by Crippen LogP contribution is -2.35. The van der Waals surface area contributed by atoms with Crippen LogP contribution < -0.4 is 14.8 Å². The molecule has 0 saturated heterocycles. The van der Waals surface area contributed by atoms with Crippen molar-refractivity contribution in [1.82, 2.24) is 9.55 Å². The third-order valence-corrected chi connectivity index (χ3v) is 6.41. The molecule has 1 aliphatic carbocycles. The Kier molecular flexibility index (Phi) is 6.58. The number of aromatic nitrogens is 2. The Labute approximate surface area is 204 Å². The van der Waals surface area contributed by atoms with Gasteiger partial charge in [0.25, 0.3) is 0 Å². The first-order chi connectivity index (χ1) is 15.9. The average Bonchev–Trinajstić information content (AvgIpc) is 3.03. The number of ether oxygens (including phenoxy) is 2. The molecule has 1 fully saturated rings. The highest BCUT2D eigenvalue weighted by Gasteiger charge is 2.40. The van der Waals surface area contributed by atoms with Crippen LogP contribution in [0.25, 0.3) is 11.0 Å². The van der Waals surface area contributed by atoms with Crippen LogP contribution in [0.5, 0.6) is 11.5 Å². The van der Waals surface area contributed by atoms with Crippen LogP contribution >= 0.6 is 0 Å². The summed E-state index contributed by atoms with van der Waals surface area (Å²) >= 11 is 0. The van der Waals surface area contributed by atoms with Crippen LogP contribution in [0, 0.1) is 10.8 Å². The predicted octanol–water partition coefficient (Wildman–Crippen LogP) is 8.13. The molecule has 0 radical (unpaired) electrons. The second-order valence-corrected chi connectivity index (χ2v) is 12.0. The summed E-state index contributed by atoms with van der Waals surface area (Å²) in [6, 6.07) is 14.7. The van der Waals surface area contributed by atoms with Crippen molar-refractivity contribution < 1.29 is 9.47 Å². The van der Waals surface area contributed by atoms with Crippen LogP contribution in [0.4, 0.5) is 11.6 Å². The van der Waals surface area contributed by atoms with Crippen LogP contribution in [0.1, 0.15) is 80.7 Å². The standard InChI is InChI=1S/C29H41N3O2/c1-19(2)33-23-11-9-21(10-12-23)30-27-31-25-14-13-24(34-20(3)4)15-26(25)32(27)22-16-28(5,6)18-29(7,8)17-22/h9-15,19-20,22H,16-18H2,1-8H3,(H,30,31). The molecule has 1 saturated carbocycles. The molecular formula is C29H41N3O2. The van der Waals surface area contributed by atoms with E-state index in [0.29, 0.717) is 6.04 Å². The van der Waals surface area contributed by atoms with E-state index in [0.717, 1.165) is 47.0 Å². The molecule has 1 heterocycles. The van der Waals surface area contributed by atoms with Gasteiger partial charge in [-0.1, -0.05) is 27.7 Å². The Morgan fingerprint density at radius 3 is 2.00 bits per heavy atom. The monoisotopic (exact) mass is 463 g/mol. The fourth-order valence-corrected chi connectivity index (χ4v) is 5.86. The first-order valence-corrected chi connectivity index (χ1v) is 12.6. The van der Waals surface area contributed by atoms with Crippen LogP contribution in [0.2, 0.25) is 0 Å². The maximum absolute atomic E-state index is 6.04. The van der Waals surface area contributed by atoms with Crippen LogP contribution in [0.15, 0.2) is 42.5 Å². The lowest BCUT2D eigenvalue weighted by Gasteiger charge is -2.45. The van der Waals surface area contributed by atoms with Crippen molar-refractivity contribution in [2.45, 2.75) is 92.9 Å². The summed E-state index contributed by atoms with van der Waals surface area (Å²) in [6.45, 7) is 17.8. The zero-order valence-corrected chi connectivity index (χ0v) is 22.1. The summed E-state index contributed by atoms with van der Waals surface area (Å²) in [5, 5.41) is 3.61. The number of nitrogens with zero attached hydrogens (tertiary/aromatic N) is 2. The van der Waals surface area contributed by atoms with E-state index in [4.69, 9.17) is 14.5 Å². The summed E-state index contributed by atoms with van der Waals surface area (Å²) in [6.07, 6.45) is 3.75. The minimum absolute atomic E-state index is 0.130. The molecule has 4 rings (SSSR count). The molecule has 1 aliphatic rings. The van der Waals surface area contributed by atoms with Gasteiger partial charge in [-0.25, -0.2) is 4.98 Å². The molecular weight excluding hydrogens is 422 g/mol. The van der Waals surface area contributed by atoms with Gasteiger partial charge in [-0.15, -0.1) is 0 Å². The molecule has 3 aromatic rings. The van der Waals surface area contributed by atoms with Gasteiger partial charge in [0.2, 0.25) is 5.95 Å². The molecule has 0 spiro atoms. The molecule has 1 N–H and O–H groups in total. The van der Waals surface area contributed by atoms with Crippen molar-refractivity contribution in [3.63, 3.8) is 0 Å². The topological polar surface area (TPSA) is 48.3 Å². The van der Waals surface area contributed by atoms with Gasteiger partial charge in [0.1, 0.15) is 11.5 Å². The molecule has 0 bridgehead atoms. The van der Waals surface area contributed by atoms with E-state index in [-0.39, 0.29) is 23.0 Å². The van der Waals surface area contributed by atoms with Crippen molar-refractivity contribution in [3.05, 3.63) is 42.5 Å². The highest BCUT2D eigenvalue weighted by Crippen LogP contribution is 2.51. The number of fused-ring (bicyclic) bond motifs is 1. The minimum Gasteiger partial charge on any atom is -0.491 e. The molecule has 2 aromatic carbocycles. The zero-order valence-electron chi connectivity index (χ0n) is 22.1. The minimum atomic E-state index is 0.130. The highest BCUT2D eigenvalue weighted by atomic mass is 16.5. The van der Waals surface area contributed by atoms with Crippen molar-refractivity contribution in [2.75, 3.05) is 5.32 Å². The van der Waals surface area contributed by atoms with E-state index in [1.807, 2.05) is 32.0 Å². The van der Waals surface area contributed by atoms with Crippen molar-refractivity contribution in [2.24, 2.45) is 10.8 Å². The van der Waals surface area contributed by atoms with E-state index >= 15 is 0 Å². The van der Waals surface area contributed by atoms with E-state index in [2.05, 4.69) is 75.7 Å². The lowest BCUT2D eigenvalue weighted by atomic mass is 9.63.